The molecule has 5 rings (SSSR count). The van der Waals surface area contributed by atoms with Gasteiger partial charge in [0.1, 0.15) is 18.5 Å². The Labute approximate surface area is 283 Å². The van der Waals surface area contributed by atoms with Crippen LogP contribution in [0.4, 0.5) is 10.2 Å². The third-order valence-corrected chi connectivity index (χ3v) is 7.69. The molecule has 14 nitrogen and oxygen atoms in total. The first kappa shape index (κ1) is 34.6. The van der Waals surface area contributed by atoms with Gasteiger partial charge in [-0.1, -0.05) is 71.3 Å². The minimum atomic E-state index is -2.47. The number of ether oxygens (including phenoxy) is 4. The SMILES string of the molecule is COC(=O)[C@H](Cc1ccccc1)Nc1ccn(C2O[C@@](COC(=O)c3cccc(Cl)c3)(N=[N+]=[N-])C(OC(=O)c3ccccc3)[C@@H]2F)c(=O)n1. The van der Waals surface area contributed by atoms with Crippen LogP contribution < -0.4 is 11.0 Å². The molecule has 0 radical (unpaired) electrons. The van der Waals surface area contributed by atoms with Crippen molar-refractivity contribution in [1.82, 2.24) is 9.55 Å². The van der Waals surface area contributed by atoms with Crippen molar-refractivity contribution in [2.75, 3.05) is 19.0 Å². The zero-order chi connectivity index (χ0) is 35.0. The van der Waals surface area contributed by atoms with Crippen molar-refractivity contribution < 1.29 is 37.7 Å². The molecule has 5 atom stereocenters. The van der Waals surface area contributed by atoms with Gasteiger partial charge in [0.15, 0.2) is 18.5 Å². The van der Waals surface area contributed by atoms with Crippen LogP contribution in [-0.4, -0.2) is 65.2 Å². The van der Waals surface area contributed by atoms with E-state index in [0.717, 1.165) is 16.3 Å². The number of nitrogens with one attached hydrogen (secondary N) is 1. The molecule has 0 amide bonds. The molecule has 0 saturated carbocycles. The van der Waals surface area contributed by atoms with Crippen molar-refractivity contribution in [2.45, 2.75) is 36.7 Å². The number of halogens is 2. The van der Waals surface area contributed by atoms with Crippen LogP contribution >= 0.6 is 11.6 Å². The second-order valence-corrected chi connectivity index (χ2v) is 11.1. The molecule has 4 aromatic rings. The molecule has 252 valence electrons. The van der Waals surface area contributed by atoms with Gasteiger partial charge >= 0.3 is 23.6 Å². The van der Waals surface area contributed by atoms with E-state index in [1.165, 1.54) is 49.6 Å². The second-order valence-electron chi connectivity index (χ2n) is 10.7. The number of aromatic nitrogens is 2. The van der Waals surface area contributed by atoms with E-state index in [-0.39, 0.29) is 28.4 Å². The van der Waals surface area contributed by atoms with Crippen molar-refractivity contribution in [3.8, 4) is 0 Å². The van der Waals surface area contributed by atoms with E-state index in [1.54, 1.807) is 30.3 Å². The smallest absolute Gasteiger partial charge is 0.351 e. The lowest BCUT2D eigenvalue weighted by molar-refractivity contribution is -0.141. The Morgan fingerprint density at radius 3 is 2.41 bits per heavy atom. The highest BCUT2D eigenvalue weighted by molar-refractivity contribution is 6.30. The Kier molecular flexibility index (Phi) is 10.9. The number of methoxy groups -OCH3 is 1. The van der Waals surface area contributed by atoms with Crippen molar-refractivity contribution in [1.29, 1.82) is 0 Å². The second kappa shape index (κ2) is 15.4. The molecule has 1 saturated heterocycles. The number of rotatable bonds is 12. The van der Waals surface area contributed by atoms with Crippen LogP contribution in [0.1, 0.15) is 32.5 Å². The van der Waals surface area contributed by atoms with Gasteiger partial charge in [0, 0.05) is 22.6 Å². The van der Waals surface area contributed by atoms with E-state index in [2.05, 4.69) is 20.3 Å². The van der Waals surface area contributed by atoms with Gasteiger partial charge in [-0.15, -0.1) is 0 Å². The normalized spacial score (nSPS) is 20.3. The molecule has 0 aliphatic carbocycles. The van der Waals surface area contributed by atoms with Crippen LogP contribution in [0.15, 0.2) is 107 Å². The van der Waals surface area contributed by atoms with Gasteiger partial charge in [-0.3, -0.25) is 4.57 Å². The summed E-state index contributed by atoms with van der Waals surface area (Å²) in [6.07, 6.45) is -4.90. The van der Waals surface area contributed by atoms with Crippen LogP contribution in [0, 0.1) is 0 Å². The summed E-state index contributed by atoms with van der Waals surface area (Å²) in [5.41, 5.74) is 6.85. The molecule has 3 aromatic carbocycles. The molecule has 49 heavy (non-hydrogen) atoms. The quantitative estimate of drug-likeness (QED) is 0.0694. The Bertz CT molecular complexity index is 1930. The van der Waals surface area contributed by atoms with Crippen LogP contribution in [0.3, 0.4) is 0 Å². The first-order valence-corrected chi connectivity index (χ1v) is 15.1. The van der Waals surface area contributed by atoms with E-state index in [0.29, 0.717) is 0 Å². The first-order chi connectivity index (χ1) is 23.6. The maximum atomic E-state index is 16.4. The van der Waals surface area contributed by atoms with E-state index >= 15 is 4.39 Å². The topological polar surface area (TPSA) is 184 Å². The molecule has 0 bridgehead atoms. The van der Waals surface area contributed by atoms with Gasteiger partial charge in [-0.2, -0.15) is 4.98 Å². The molecular formula is C33H28ClFN6O8. The number of esters is 3. The number of hydrogen-bond acceptors (Lipinski definition) is 11. The van der Waals surface area contributed by atoms with Gasteiger partial charge in [0.05, 0.1) is 18.2 Å². The molecule has 1 aromatic heterocycles. The maximum Gasteiger partial charge on any atom is 0.351 e. The lowest BCUT2D eigenvalue weighted by atomic mass is 10.1. The summed E-state index contributed by atoms with van der Waals surface area (Å²) in [5, 5.41) is 6.67. The summed E-state index contributed by atoms with van der Waals surface area (Å²) in [6, 6.07) is 22.7. The average molecular weight is 691 g/mol. The van der Waals surface area contributed by atoms with Crippen molar-refractivity contribution in [2.24, 2.45) is 5.11 Å². The predicted octanol–water partition coefficient (Wildman–Crippen LogP) is 5.05. The summed E-state index contributed by atoms with van der Waals surface area (Å²) in [6.45, 7) is -0.922. The molecule has 2 unspecified atom stereocenters. The van der Waals surface area contributed by atoms with E-state index in [9.17, 15) is 24.7 Å². The third kappa shape index (κ3) is 8.04. The maximum absolute atomic E-state index is 16.4. The van der Waals surface area contributed by atoms with Crippen LogP contribution in [0.25, 0.3) is 10.4 Å². The fourth-order valence-corrected chi connectivity index (χ4v) is 5.27. The van der Waals surface area contributed by atoms with E-state index in [4.69, 9.17) is 30.5 Å². The summed E-state index contributed by atoms with van der Waals surface area (Å²) in [4.78, 5) is 58.4. The van der Waals surface area contributed by atoms with Gasteiger partial charge in [-0.25, -0.2) is 23.6 Å². The van der Waals surface area contributed by atoms with Crippen LogP contribution in [0.5, 0.6) is 0 Å². The highest BCUT2D eigenvalue weighted by Gasteiger charge is 2.60. The molecular weight excluding hydrogens is 663 g/mol. The summed E-state index contributed by atoms with van der Waals surface area (Å²) in [7, 11) is 1.22. The zero-order valence-corrected chi connectivity index (χ0v) is 26.5. The number of alkyl halides is 1. The van der Waals surface area contributed by atoms with Crippen LogP contribution in [0.2, 0.25) is 5.02 Å². The molecule has 1 fully saturated rings. The first-order valence-electron chi connectivity index (χ1n) is 14.7. The lowest BCUT2D eigenvalue weighted by Crippen LogP contribution is -2.47. The van der Waals surface area contributed by atoms with E-state index in [1.807, 2.05) is 18.2 Å². The fraction of sp³-hybridized carbons (Fsp3) is 0.242. The minimum absolute atomic E-state index is 0.0220. The number of hydrogen-bond donors (Lipinski definition) is 1. The molecule has 1 N–H and O–H groups in total. The Morgan fingerprint density at radius 2 is 1.76 bits per heavy atom. The number of carbonyl (C=O) groups is 3. The number of nitrogens with zero attached hydrogens (tertiary/aromatic N) is 5. The van der Waals surface area contributed by atoms with Gasteiger partial charge in [-0.05, 0) is 47.5 Å². The van der Waals surface area contributed by atoms with Crippen molar-refractivity contribution in [3.05, 3.63) is 140 Å². The largest absolute Gasteiger partial charge is 0.467 e. The molecule has 2 heterocycles. The molecule has 16 heteroatoms. The highest BCUT2D eigenvalue weighted by Crippen LogP contribution is 2.42. The van der Waals surface area contributed by atoms with Crippen molar-refractivity contribution in [3.63, 3.8) is 0 Å². The number of benzene rings is 3. The van der Waals surface area contributed by atoms with E-state index < -0.39 is 60.5 Å². The molecule has 1 aliphatic rings. The van der Waals surface area contributed by atoms with Gasteiger partial charge in [0.25, 0.3) is 0 Å². The minimum Gasteiger partial charge on any atom is -0.467 e. The summed E-state index contributed by atoms with van der Waals surface area (Å²) < 4.78 is 38.7. The standard InChI is InChI=1S/C33H28ClFN6O8/c1-46-31(44)24(17-20-9-4-2-5-10-20)37-25-15-16-41(32(45)38-25)28-26(35)27(48-30(43)21-11-6-3-7-12-21)33(49-28,39-40-36)19-47-29(42)22-13-8-14-23(34)18-22/h2-16,18,24,26-28H,17,19H2,1H3,(H,37,38,45)/t24-,26-,27?,28?,33+/m0/s1. The molecule has 1 aliphatic heterocycles. The van der Waals surface area contributed by atoms with Gasteiger partial charge in [0.2, 0.25) is 5.72 Å². The zero-order valence-electron chi connectivity index (χ0n) is 25.7. The fourth-order valence-electron chi connectivity index (χ4n) is 5.08. The summed E-state index contributed by atoms with van der Waals surface area (Å²) >= 11 is 5.98. The Morgan fingerprint density at radius 1 is 1.06 bits per heavy atom. The van der Waals surface area contributed by atoms with Gasteiger partial charge < -0.3 is 24.3 Å². The molecule has 0 spiro atoms. The highest BCUT2D eigenvalue weighted by atomic mass is 35.5. The third-order valence-electron chi connectivity index (χ3n) is 7.45. The monoisotopic (exact) mass is 690 g/mol. The number of carbonyl (C=O) groups excluding carboxylic acids is 3. The predicted molar refractivity (Wildman–Crippen MR) is 172 cm³/mol. The average Bonchev–Trinajstić information content (AvgIpc) is 3.37. The Balaban J connectivity index is 1.44. The summed E-state index contributed by atoms with van der Waals surface area (Å²) in [5.74, 6) is -2.60. The lowest BCUT2D eigenvalue weighted by Gasteiger charge is -2.28. The number of anilines is 1. The number of azide groups is 1. The van der Waals surface area contributed by atoms with Crippen molar-refractivity contribution >= 4 is 35.3 Å². The van der Waals surface area contributed by atoms with Crippen LogP contribution in [-0.2, 0) is 30.2 Å². The Hall–Kier alpha value is -5.76.